The number of ether oxygens (including phenoxy) is 1. The molecule has 5 N–H and O–H groups in total. The van der Waals surface area contributed by atoms with Gasteiger partial charge >= 0.3 is 5.97 Å². The molecule has 0 aliphatic carbocycles. The Morgan fingerprint density at radius 3 is 2.76 bits per heavy atom. The predicted octanol–water partition coefficient (Wildman–Crippen LogP) is 0.943. The number of nitrogens with two attached hydrogens (primary N) is 2. The number of anilines is 2. The molecular weight excluding hydrogens is 376 g/mol. The van der Waals surface area contributed by atoms with Crippen LogP contribution in [-0.4, -0.2) is 52.9 Å². The first kappa shape index (κ1) is 19.8. The van der Waals surface area contributed by atoms with Gasteiger partial charge < -0.3 is 26.2 Å². The van der Waals surface area contributed by atoms with E-state index in [2.05, 4.69) is 15.0 Å². The molecular formula is C19H20N6O4. The molecule has 1 amide bonds. The average molecular weight is 396 g/mol. The predicted molar refractivity (Wildman–Crippen MR) is 108 cm³/mol. The third-order valence-corrected chi connectivity index (χ3v) is 4.23. The number of amides is 1. The van der Waals surface area contributed by atoms with Crippen molar-refractivity contribution in [3.8, 4) is 5.88 Å². The highest BCUT2D eigenvalue weighted by atomic mass is 16.5. The highest BCUT2D eigenvalue weighted by Crippen LogP contribution is 2.28. The maximum Gasteiger partial charge on any atom is 0.305 e. The van der Waals surface area contributed by atoms with Crippen LogP contribution in [0.3, 0.4) is 0 Å². The molecule has 0 unspecified atom stereocenters. The molecule has 1 aliphatic heterocycles. The van der Waals surface area contributed by atoms with E-state index in [0.717, 1.165) is 5.56 Å². The molecule has 1 aliphatic rings. The van der Waals surface area contributed by atoms with Gasteiger partial charge in [-0.25, -0.2) is 9.97 Å². The largest absolute Gasteiger partial charge is 0.481 e. The molecule has 10 nitrogen and oxygen atoms in total. The van der Waals surface area contributed by atoms with Crippen LogP contribution in [-0.2, 0) is 4.79 Å². The van der Waals surface area contributed by atoms with Gasteiger partial charge in [-0.3, -0.25) is 14.6 Å². The van der Waals surface area contributed by atoms with Crippen LogP contribution in [0.25, 0.3) is 5.57 Å². The zero-order valence-corrected chi connectivity index (χ0v) is 15.5. The van der Waals surface area contributed by atoms with Crippen molar-refractivity contribution in [2.45, 2.75) is 6.42 Å². The average Bonchev–Trinajstić information content (AvgIpc) is 2.88. The van der Waals surface area contributed by atoms with E-state index in [0.29, 0.717) is 17.8 Å². The minimum atomic E-state index is -0.913. The van der Waals surface area contributed by atoms with Gasteiger partial charge in [0.15, 0.2) is 0 Å². The summed E-state index contributed by atoms with van der Waals surface area (Å²) in [5.74, 6) is -1.02. The van der Waals surface area contributed by atoms with E-state index in [1.165, 1.54) is 18.7 Å². The van der Waals surface area contributed by atoms with Crippen LogP contribution in [0.1, 0.15) is 22.3 Å². The number of carboxylic acid groups (broad SMARTS) is 1. The van der Waals surface area contributed by atoms with Gasteiger partial charge in [-0.05, 0) is 17.7 Å². The number of carboxylic acids is 1. The molecule has 0 atom stereocenters. The van der Waals surface area contributed by atoms with Crippen molar-refractivity contribution in [2.75, 3.05) is 30.3 Å². The number of nitrogens with zero attached hydrogens (tertiary/aromatic N) is 4. The maximum atomic E-state index is 12.9. The van der Waals surface area contributed by atoms with Crippen LogP contribution >= 0.6 is 0 Å². The van der Waals surface area contributed by atoms with Gasteiger partial charge in [-0.15, -0.1) is 0 Å². The topological polar surface area (TPSA) is 157 Å². The number of fused-ring (bicyclic) bond motifs is 1. The zero-order valence-electron chi connectivity index (χ0n) is 15.5. The Morgan fingerprint density at radius 2 is 2.07 bits per heavy atom. The number of benzene rings is 1. The smallest absolute Gasteiger partial charge is 0.305 e. The van der Waals surface area contributed by atoms with Crippen molar-refractivity contribution in [3.05, 3.63) is 47.9 Å². The number of carbonyl (C=O) groups is 2. The summed E-state index contributed by atoms with van der Waals surface area (Å²) >= 11 is 0. The molecule has 10 heteroatoms. The van der Waals surface area contributed by atoms with Crippen molar-refractivity contribution in [1.82, 2.24) is 9.97 Å². The summed E-state index contributed by atoms with van der Waals surface area (Å²) < 4.78 is 5.52. The second-order valence-electron chi connectivity index (χ2n) is 6.09. The van der Waals surface area contributed by atoms with Crippen LogP contribution < -0.4 is 21.1 Å². The Morgan fingerprint density at radius 1 is 1.31 bits per heavy atom. The number of carbonyl (C=O) groups excluding carboxylic acids is 1. The van der Waals surface area contributed by atoms with E-state index in [4.69, 9.17) is 21.3 Å². The van der Waals surface area contributed by atoms with Gasteiger partial charge in [0.05, 0.1) is 13.0 Å². The van der Waals surface area contributed by atoms with Crippen LogP contribution in [0.15, 0.2) is 41.8 Å². The summed E-state index contributed by atoms with van der Waals surface area (Å²) in [7, 11) is 0. The van der Waals surface area contributed by atoms with E-state index >= 15 is 0 Å². The van der Waals surface area contributed by atoms with Gasteiger partial charge in [0.25, 0.3) is 5.91 Å². The Balaban J connectivity index is 1.80. The molecule has 1 aromatic carbocycles. The minimum Gasteiger partial charge on any atom is -0.481 e. The SMILES string of the molecule is NC=C(C=NCCC(=O)O)c1ccc(N2CCOc3ncnc(N)c3C2=O)cc1. The second-order valence-corrected chi connectivity index (χ2v) is 6.09. The number of hydrogen-bond donors (Lipinski definition) is 3. The normalized spacial score (nSPS) is 14.4. The van der Waals surface area contributed by atoms with E-state index < -0.39 is 5.97 Å². The fourth-order valence-corrected chi connectivity index (χ4v) is 2.78. The van der Waals surface area contributed by atoms with Crippen molar-refractivity contribution in [1.29, 1.82) is 0 Å². The molecule has 3 rings (SSSR count). The molecule has 0 bridgehead atoms. The Kier molecular flexibility index (Phi) is 6.03. The number of allylic oxidation sites excluding steroid dienone is 1. The van der Waals surface area contributed by atoms with E-state index in [1.54, 1.807) is 29.2 Å². The standard InChI is InChI=1S/C19H20N6O4/c20-9-13(10-22-6-5-15(26)27)12-1-3-14(4-2-12)25-7-8-29-18-16(19(25)28)17(21)23-11-24-18/h1-4,9-11H,5-8,20H2,(H,26,27)(H2,21,23,24). The number of hydrogen-bond acceptors (Lipinski definition) is 8. The molecule has 0 saturated carbocycles. The summed E-state index contributed by atoms with van der Waals surface area (Å²) in [5.41, 5.74) is 13.7. The lowest BCUT2D eigenvalue weighted by molar-refractivity contribution is -0.136. The molecule has 150 valence electrons. The molecule has 1 aromatic heterocycles. The van der Waals surface area contributed by atoms with Crippen LogP contribution in [0.2, 0.25) is 0 Å². The van der Waals surface area contributed by atoms with Crippen molar-refractivity contribution in [3.63, 3.8) is 0 Å². The zero-order chi connectivity index (χ0) is 20.8. The highest BCUT2D eigenvalue weighted by molar-refractivity contribution is 6.11. The van der Waals surface area contributed by atoms with Crippen molar-refractivity contribution in [2.24, 2.45) is 10.7 Å². The minimum absolute atomic E-state index is 0.0548. The van der Waals surface area contributed by atoms with Crippen molar-refractivity contribution >= 4 is 35.2 Å². The molecule has 0 spiro atoms. The first-order chi connectivity index (χ1) is 14.0. The van der Waals surface area contributed by atoms with Gasteiger partial charge in [0.1, 0.15) is 24.3 Å². The summed E-state index contributed by atoms with van der Waals surface area (Å²) in [5, 5.41) is 8.66. The Hall–Kier alpha value is -3.95. The van der Waals surface area contributed by atoms with Crippen LogP contribution in [0.4, 0.5) is 11.5 Å². The second kappa shape index (κ2) is 8.83. The van der Waals surface area contributed by atoms with Gasteiger partial charge in [-0.2, -0.15) is 0 Å². The fourth-order valence-electron chi connectivity index (χ4n) is 2.78. The summed E-state index contributed by atoms with van der Waals surface area (Å²) in [6.07, 6.45) is 4.11. The van der Waals surface area contributed by atoms with E-state index in [1.807, 2.05) is 0 Å². The quantitative estimate of drug-likeness (QED) is 0.609. The van der Waals surface area contributed by atoms with Gasteiger partial charge in [0.2, 0.25) is 5.88 Å². The monoisotopic (exact) mass is 396 g/mol. The van der Waals surface area contributed by atoms with Crippen LogP contribution in [0.5, 0.6) is 5.88 Å². The first-order valence-electron chi connectivity index (χ1n) is 8.80. The van der Waals surface area contributed by atoms with Crippen molar-refractivity contribution < 1.29 is 19.4 Å². The number of nitrogen functional groups attached to an aromatic ring is 1. The fraction of sp³-hybridized carbons (Fsp3) is 0.211. The Labute approximate surface area is 166 Å². The van der Waals surface area contributed by atoms with Gasteiger partial charge in [-0.1, -0.05) is 12.1 Å². The Bertz CT molecular complexity index is 971. The molecule has 0 radical (unpaired) electrons. The number of aliphatic carboxylic acids is 1. The molecule has 0 saturated heterocycles. The lowest BCUT2D eigenvalue weighted by atomic mass is 10.1. The van der Waals surface area contributed by atoms with Gasteiger partial charge in [0, 0.05) is 30.2 Å². The van der Waals surface area contributed by atoms with E-state index in [-0.39, 0.29) is 42.7 Å². The molecule has 2 aromatic rings. The van der Waals surface area contributed by atoms with Crippen LogP contribution in [0, 0.1) is 0 Å². The number of aromatic nitrogens is 2. The lowest BCUT2D eigenvalue weighted by Crippen LogP contribution is -2.32. The summed E-state index contributed by atoms with van der Waals surface area (Å²) in [6, 6.07) is 7.13. The third kappa shape index (κ3) is 4.49. The molecule has 29 heavy (non-hydrogen) atoms. The maximum absolute atomic E-state index is 12.9. The molecule has 2 heterocycles. The van der Waals surface area contributed by atoms with E-state index in [9.17, 15) is 9.59 Å². The summed E-state index contributed by atoms with van der Waals surface area (Å²) in [4.78, 5) is 37.0. The third-order valence-electron chi connectivity index (χ3n) is 4.23. The molecule has 0 fully saturated rings. The highest BCUT2D eigenvalue weighted by Gasteiger charge is 2.28. The first-order valence-corrected chi connectivity index (χ1v) is 8.80. The number of aliphatic imine (C=N–C) groups is 1. The number of rotatable bonds is 6. The lowest BCUT2D eigenvalue weighted by Gasteiger charge is -2.20. The summed E-state index contributed by atoms with van der Waals surface area (Å²) in [6.45, 7) is 0.751.